The van der Waals surface area contributed by atoms with Gasteiger partial charge in [-0.25, -0.2) is 12.7 Å². The standard InChI is InChI=1S/C9H15N3O3S2/c1-12(2)17(14,15)6-4-11-9(13)8-7(10)3-5-16-8/h3,5H,4,6,10H2,1-2H3,(H,11,13). The summed E-state index contributed by atoms with van der Waals surface area (Å²) in [4.78, 5) is 12.0. The van der Waals surface area contributed by atoms with Gasteiger partial charge < -0.3 is 11.1 Å². The van der Waals surface area contributed by atoms with Crippen LogP contribution in [0, 0.1) is 0 Å². The largest absolute Gasteiger partial charge is 0.397 e. The maximum absolute atomic E-state index is 11.6. The first kappa shape index (κ1) is 13.9. The van der Waals surface area contributed by atoms with Gasteiger partial charge in [-0.2, -0.15) is 0 Å². The molecule has 0 spiro atoms. The van der Waals surface area contributed by atoms with Crippen molar-refractivity contribution in [2.75, 3.05) is 32.1 Å². The molecule has 0 fully saturated rings. The highest BCUT2D eigenvalue weighted by Crippen LogP contribution is 2.18. The fourth-order valence-corrected chi connectivity index (χ4v) is 2.52. The maximum Gasteiger partial charge on any atom is 0.263 e. The van der Waals surface area contributed by atoms with Gasteiger partial charge in [-0.3, -0.25) is 4.79 Å². The fraction of sp³-hybridized carbons (Fsp3) is 0.444. The van der Waals surface area contributed by atoms with Gasteiger partial charge in [0.2, 0.25) is 10.0 Å². The Morgan fingerprint density at radius 2 is 2.18 bits per heavy atom. The number of hydrogen-bond acceptors (Lipinski definition) is 5. The molecule has 1 heterocycles. The van der Waals surface area contributed by atoms with Crippen LogP contribution in [-0.4, -0.2) is 45.0 Å². The lowest BCUT2D eigenvalue weighted by Gasteiger charge is -2.11. The molecule has 17 heavy (non-hydrogen) atoms. The first-order chi connectivity index (χ1) is 7.84. The normalized spacial score (nSPS) is 11.7. The van der Waals surface area contributed by atoms with Crippen molar-refractivity contribution in [2.45, 2.75) is 0 Å². The van der Waals surface area contributed by atoms with Gasteiger partial charge in [-0.15, -0.1) is 11.3 Å². The number of thiophene rings is 1. The van der Waals surface area contributed by atoms with Crippen molar-refractivity contribution in [3.05, 3.63) is 16.3 Å². The van der Waals surface area contributed by atoms with Crippen LogP contribution < -0.4 is 11.1 Å². The Kier molecular flexibility index (Phi) is 4.49. The summed E-state index contributed by atoms with van der Waals surface area (Å²) in [5, 5.41) is 4.23. The molecule has 1 aromatic heterocycles. The topological polar surface area (TPSA) is 92.5 Å². The van der Waals surface area contributed by atoms with E-state index in [1.165, 1.54) is 25.4 Å². The summed E-state index contributed by atoms with van der Waals surface area (Å²) in [6.45, 7) is 0.0662. The number of nitrogens with one attached hydrogen (secondary N) is 1. The van der Waals surface area contributed by atoms with E-state index in [0.717, 1.165) is 4.31 Å². The number of nitrogens with zero attached hydrogens (tertiary/aromatic N) is 1. The molecule has 0 aliphatic heterocycles. The third-order valence-corrected chi connectivity index (χ3v) is 4.87. The quantitative estimate of drug-likeness (QED) is 0.789. The number of carbonyl (C=O) groups is 1. The number of carbonyl (C=O) groups excluding carboxylic acids is 1. The molecule has 0 bridgehead atoms. The molecule has 6 nitrogen and oxygen atoms in total. The Balaban J connectivity index is 2.49. The molecule has 0 saturated carbocycles. The van der Waals surface area contributed by atoms with Crippen molar-refractivity contribution in [1.29, 1.82) is 0 Å². The van der Waals surface area contributed by atoms with Gasteiger partial charge in [0, 0.05) is 20.6 Å². The van der Waals surface area contributed by atoms with Crippen molar-refractivity contribution in [3.63, 3.8) is 0 Å². The lowest BCUT2D eigenvalue weighted by molar-refractivity contribution is 0.0961. The van der Waals surface area contributed by atoms with Gasteiger partial charge in [-0.1, -0.05) is 0 Å². The van der Waals surface area contributed by atoms with Crippen molar-refractivity contribution in [2.24, 2.45) is 0 Å². The van der Waals surface area contributed by atoms with Crippen LogP contribution in [0.15, 0.2) is 11.4 Å². The summed E-state index contributed by atoms with van der Waals surface area (Å²) >= 11 is 1.22. The van der Waals surface area contributed by atoms with Gasteiger partial charge >= 0.3 is 0 Å². The van der Waals surface area contributed by atoms with Crippen LogP contribution >= 0.6 is 11.3 Å². The molecule has 1 aromatic rings. The van der Waals surface area contributed by atoms with Crippen LogP contribution in [0.1, 0.15) is 9.67 Å². The summed E-state index contributed by atoms with van der Waals surface area (Å²) < 4.78 is 24.0. The molecule has 0 radical (unpaired) electrons. The van der Waals surface area contributed by atoms with Crippen LogP contribution in [0.4, 0.5) is 5.69 Å². The Bertz CT molecular complexity index is 493. The predicted octanol–water partition coefficient (Wildman–Crippen LogP) is -0.0485. The molecular formula is C9H15N3O3S2. The molecule has 0 aromatic carbocycles. The summed E-state index contributed by atoms with van der Waals surface area (Å²) in [6, 6.07) is 1.64. The Labute approximate surface area is 104 Å². The lowest BCUT2D eigenvalue weighted by Crippen LogP contribution is -2.33. The zero-order valence-electron chi connectivity index (χ0n) is 9.63. The van der Waals surface area contributed by atoms with E-state index >= 15 is 0 Å². The molecule has 0 saturated heterocycles. The first-order valence-corrected chi connectivity index (χ1v) is 7.35. The Morgan fingerprint density at radius 1 is 1.53 bits per heavy atom. The van der Waals surface area contributed by atoms with Crippen LogP contribution in [0.25, 0.3) is 0 Å². The highest BCUT2D eigenvalue weighted by Gasteiger charge is 2.15. The van der Waals surface area contributed by atoms with E-state index in [2.05, 4.69) is 5.32 Å². The zero-order valence-corrected chi connectivity index (χ0v) is 11.3. The van der Waals surface area contributed by atoms with E-state index in [1.807, 2.05) is 0 Å². The average molecular weight is 277 g/mol. The number of nitrogen functional groups attached to an aromatic ring is 1. The molecule has 8 heteroatoms. The van der Waals surface area contributed by atoms with Crippen LogP contribution in [-0.2, 0) is 10.0 Å². The van der Waals surface area contributed by atoms with E-state index in [1.54, 1.807) is 11.4 Å². The Morgan fingerprint density at radius 3 is 2.65 bits per heavy atom. The summed E-state index contributed by atoms with van der Waals surface area (Å²) in [5.41, 5.74) is 5.98. The smallest absolute Gasteiger partial charge is 0.263 e. The minimum absolute atomic E-state index is 0.0662. The van der Waals surface area contributed by atoms with Gasteiger partial charge in [-0.05, 0) is 11.4 Å². The van der Waals surface area contributed by atoms with Crippen molar-refractivity contribution < 1.29 is 13.2 Å². The van der Waals surface area contributed by atoms with Gasteiger partial charge in [0.15, 0.2) is 0 Å². The summed E-state index contributed by atoms with van der Waals surface area (Å²) in [6.07, 6.45) is 0. The third kappa shape index (κ3) is 3.69. The number of sulfonamides is 1. The van der Waals surface area contributed by atoms with Crippen molar-refractivity contribution in [3.8, 4) is 0 Å². The average Bonchev–Trinajstić information content (AvgIpc) is 2.63. The van der Waals surface area contributed by atoms with Gasteiger partial charge in [0.1, 0.15) is 4.88 Å². The molecule has 1 amide bonds. The van der Waals surface area contributed by atoms with E-state index in [4.69, 9.17) is 5.73 Å². The van der Waals surface area contributed by atoms with Gasteiger partial charge in [0.25, 0.3) is 5.91 Å². The molecular weight excluding hydrogens is 262 g/mol. The molecule has 96 valence electrons. The molecule has 0 unspecified atom stereocenters. The van der Waals surface area contributed by atoms with E-state index in [9.17, 15) is 13.2 Å². The zero-order chi connectivity index (χ0) is 13.1. The van der Waals surface area contributed by atoms with Crippen LogP contribution in [0.3, 0.4) is 0 Å². The highest BCUT2D eigenvalue weighted by molar-refractivity contribution is 7.89. The van der Waals surface area contributed by atoms with Crippen molar-refractivity contribution in [1.82, 2.24) is 9.62 Å². The number of rotatable bonds is 5. The molecule has 0 atom stereocenters. The second-order valence-electron chi connectivity index (χ2n) is 3.56. The molecule has 3 N–H and O–H groups in total. The highest BCUT2D eigenvalue weighted by atomic mass is 32.2. The number of amides is 1. The second-order valence-corrected chi connectivity index (χ2v) is 6.78. The number of hydrogen-bond donors (Lipinski definition) is 2. The van der Waals surface area contributed by atoms with E-state index in [-0.39, 0.29) is 18.2 Å². The summed E-state index contributed by atoms with van der Waals surface area (Å²) in [7, 11) is -0.376. The third-order valence-electron chi connectivity index (χ3n) is 2.10. The first-order valence-electron chi connectivity index (χ1n) is 4.86. The van der Waals surface area contributed by atoms with E-state index < -0.39 is 10.0 Å². The Hall–Kier alpha value is -1.12. The second kappa shape index (κ2) is 5.48. The molecule has 0 aliphatic carbocycles. The molecule has 0 aliphatic rings. The van der Waals surface area contributed by atoms with Crippen molar-refractivity contribution >= 4 is 33.0 Å². The maximum atomic E-state index is 11.6. The number of anilines is 1. The van der Waals surface area contributed by atoms with Crippen LogP contribution in [0.2, 0.25) is 0 Å². The minimum Gasteiger partial charge on any atom is -0.397 e. The van der Waals surface area contributed by atoms with E-state index in [0.29, 0.717) is 10.6 Å². The monoisotopic (exact) mass is 277 g/mol. The summed E-state index contributed by atoms with van der Waals surface area (Å²) in [5.74, 6) is -0.469. The number of nitrogens with two attached hydrogens (primary N) is 1. The predicted molar refractivity (Wildman–Crippen MR) is 68.5 cm³/mol. The van der Waals surface area contributed by atoms with Gasteiger partial charge in [0.05, 0.1) is 11.4 Å². The fourth-order valence-electron chi connectivity index (χ4n) is 1.06. The van der Waals surface area contributed by atoms with Crippen LogP contribution in [0.5, 0.6) is 0 Å². The minimum atomic E-state index is -3.28. The lowest BCUT2D eigenvalue weighted by atomic mass is 10.4. The SMILES string of the molecule is CN(C)S(=O)(=O)CCNC(=O)c1sccc1N. The molecule has 1 rings (SSSR count).